The zero-order valence-corrected chi connectivity index (χ0v) is 8.04. The van der Waals surface area contributed by atoms with Crippen LogP contribution in [0.3, 0.4) is 0 Å². The molecule has 1 unspecified atom stereocenters. The minimum absolute atomic E-state index is 0.241. The molecule has 2 N–H and O–H groups in total. The van der Waals surface area contributed by atoms with Gasteiger partial charge in [-0.2, -0.15) is 0 Å². The number of hydrogen-bond donors (Lipinski definition) is 2. The molecule has 1 atom stereocenters. The Kier molecular flexibility index (Phi) is 2.77. The van der Waals surface area contributed by atoms with E-state index in [4.69, 9.17) is 5.11 Å². The Morgan fingerprint density at radius 3 is 2.62 bits per heavy atom. The molecule has 1 amide bonds. The van der Waals surface area contributed by atoms with Crippen LogP contribution in [0.1, 0.15) is 6.42 Å². The maximum absolute atomic E-state index is 11.0. The lowest BCUT2D eigenvalue weighted by Crippen LogP contribution is -2.37. The van der Waals surface area contributed by atoms with Crippen molar-refractivity contribution in [2.45, 2.75) is 12.5 Å². The van der Waals surface area contributed by atoms with Crippen molar-refractivity contribution in [3.63, 3.8) is 0 Å². The average molecular weight is 208 g/mol. The molecule has 0 aromatic heterocycles. The Morgan fingerprint density at radius 2 is 2.23 bits per heavy atom. The van der Waals surface area contributed by atoms with E-state index in [9.17, 15) is 13.2 Å². The van der Waals surface area contributed by atoms with Crippen LogP contribution in [0.25, 0.3) is 0 Å². The molecule has 0 bridgehead atoms. The van der Waals surface area contributed by atoms with Gasteiger partial charge in [-0.05, 0) is 6.42 Å². The fourth-order valence-corrected chi connectivity index (χ4v) is 2.21. The highest BCUT2D eigenvalue weighted by Gasteiger charge is 2.29. The number of amides is 1. The van der Waals surface area contributed by atoms with Crippen molar-refractivity contribution in [3.8, 4) is 0 Å². The first-order valence-electron chi connectivity index (χ1n) is 3.84. The molecule has 0 aromatic rings. The number of hydrogen-bond acceptors (Lipinski definition) is 3. The van der Waals surface area contributed by atoms with Gasteiger partial charge in [0.25, 0.3) is 0 Å². The highest BCUT2D eigenvalue weighted by molar-refractivity contribution is 7.88. The maximum atomic E-state index is 11.0. The molecule has 1 saturated heterocycles. The monoisotopic (exact) mass is 208 g/mol. The van der Waals surface area contributed by atoms with E-state index in [1.165, 1.54) is 4.31 Å². The summed E-state index contributed by atoms with van der Waals surface area (Å²) in [7, 11) is -3.17. The van der Waals surface area contributed by atoms with Crippen LogP contribution in [0.4, 0.5) is 4.79 Å². The average Bonchev–Trinajstić information content (AvgIpc) is 2.32. The number of carboxylic acid groups (broad SMARTS) is 1. The van der Waals surface area contributed by atoms with Gasteiger partial charge in [-0.25, -0.2) is 17.5 Å². The topological polar surface area (TPSA) is 86.7 Å². The van der Waals surface area contributed by atoms with Gasteiger partial charge < -0.3 is 10.4 Å². The maximum Gasteiger partial charge on any atom is 0.404 e. The molecule has 7 heteroatoms. The molecule has 13 heavy (non-hydrogen) atoms. The quantitative estimate of drug-likeness (QED) is 0.627. The molecule has 1 heterocycles. The summed E-state index contributed by atoms with van der Waals surface area (Å²) in [6.07, 6.45) is 0.551. The van der Waals surface area contributed by atoms with Gasteiger partial charge in [0.15, 0.2) is 0 Å². The third-order valence-electron chi connectivity index (χ3n) is 1.95. The molecule has 1 rings (SSSR count). The van der Waals surface area contributed by atoms with E-state index in [0.717, 1.165) is 6.26 Å². The zero-order valence-electron chi connectivity index (χ0n) is 7.23. The van der Waals surface area contributed by atoms with Crippen LogP contribution in [0.5, 0.6) is 0 Å². The van der Waals surface area contributed by atoms with Gasteiger partial charge in [0.2, 0.25) is 10.0 Å². The molecule has 0 spiro atoms. The summed E-state index contributed by atoms with van der Waals surface area (Å²) < 4.78 is 23.3. The summed E-state index contributed by atoms with van der Waals surface area (Å²) in [5.74, 6) is 0. The van der Waals surface area contributed by atoms with E-state index in [1.54, 1.807) is 0 Å². The second kappa shape index (κ2) is 3.51. The summed E-state index contributed by atoms with van der Waals surface area (Å²) in [4.78, 5) is 10.2. The van der Waals surface area contributed by atoms with Gasteiger partial charge in [-0.1, -0.05) is 0 Å². The molecule has 0 radical (unpaired) electrons. The molecule has 6 nitrogen and oxygen atoms in total. The fraction of sp³-hybridized carbons (Fsp3) is 0.833. The Morgan fingerprint density at radius 1 is 1.62 bits per heavy atom. The molecular formula is C6H12N2O4S. The van der Waals surface area contributed by atoms with E-state index in [1.807, 2.05) is 0 Å². The zero-order chi connectivity index (χ0) is 10.1. The molecule has 1 aliphatic rings. The van der Waals surface area contributed by atoms with Crippen molar-refractivity contribution in [1.29, 1.82) is 0 Å². The molecule has 1 aliphatic heterocycles. The fourth-order valence-electron chi connectivity index (χ4n) is 1.32. The largest absolute Gasteiger partial charge is 0.465 e. The van der Waals surface area contributed by atoms with Gasteiger partial charge in [-0.3, -0.25) is 0 Å². The van der Waals surface area contributed by atoms with Crippen LogP contribution >= 0.6 is 0 Å². The lowest BCUT2D eigenvalue weighted by atomic mass is 10.3. The Hall–Kier alpha value is -0.820. The van der Waals surface area contributed by atoms with Crippen LogP contribution in [-0.4, -0.2) is 49.3 Å². The molecule has 0 aromatic carbocycles. The summed E-state index contributed by atoms with van der Waals surface area (Å²) >= 11 is 0. The highest BCUT2D eigenvalue weighted by atomic mass is 32.2. The summed E-state index contributed by atoms with van der Waals surface area (Å²) in [5, 5.41) is 10.6. The SMILES string of the molecule is CS(=O)(=O)N1CCC(NC(=O)O)C1. The Balaban J connectivity index is 2.50. The predicted octanol–water partition coefficient (Wildman–Crippen LogP) is -0.712. The highest BCUT2D eigenvalue weighted by Crippen LogP contribution is 2.12. The first-order valence-corrected chi connectivity index (χ1v) is 5.69. The number of nitrogens with one attached hydrogen (secondary N) is 1. The number of carbonyl (C=O) groups is 1. The molecule has 0 aliphatic carbocycles. The summed E-state index contributed by atoms with van der Waals surface area (Å²) in [6, 6.07) is -0.271. The normalized spacial score (nSPS) is 24.5. The van der Waals surface area contributed by atoms with Crippen molar-refractivity contribution in [2.75, 3.05) is 19.3 Å². The standard InChI is InChI=1S/C6H12N2O4S/c1-13(11,12)8-3-2-5(4-8)7-6(9)10/h5,7H,2-4H2,1H3,(H,9,10). The van der Waals surface area contributed by atoms with Crippen LogP contribution in [0.2, 0.25) is 0 Å². The molecule has 0 saturated carbocycles. The predicted molar refractivity (Wildman–Crippen MR) is 46.0 cm³/mol. The third kappa shape index (κ3) is 2.85. The number of rotatable bonds is 2. The van der Waals surface area contributed by atoms with E-state index in [2.05, 4.69) is 5.32 Å². The van der Waals surface area contributed by atoms with Crippen LogP contribution in [0, 0.1) is 0 Å². The second-order valence-electron chi connectivity index (χ2n) is 3.06. The van der Waals surface area contributed by atoms with E-state index in [0.29, 0.717) is 13.0 Å². The lowest BCUT2D eigenvalue weighted by Gasteiger charge is -2.12. The smallest absolute Gasteiger partial charge is 0.404 e. The third-order valence-corrected chi connectivity index (χ3v) is 3.22. The van der Waals surface area contributed by atoms with Gasteiger partial charge in [-0.15, -0.1) is 0 Å². The van der Waals surface area contributed by atoms with Crippen LogP contribution in [-0.2, 0) is 10.0 Å². The van der Waals surface area contributed by atoms with Gasteiger partial charge in [0, 0.05) is 19.1 Å². The first-order chi connectivity index (χ1) is 5.89. The van der Waals surface area contributed by atoms with Crippen LogP contribution in [0.15, 0.2) is 0 Å². The number of nitrogens with zero attached hydrogens (tertiary/aromatic N) is 1. The van der Waals surface area contributed by atoms with Crippen LogP contribution < -0.4 is 5.32 Å². The van der Waals surface area contributed by atoms with Gasteiger partial charge in [0.1, 0.15) is 0 Å². The van der Waals surface area contributed by atoms with Crippen molar-refractivity contribution in [2.24, 2.45) is 0 Å². The van der Waals surface area contributed by atoms with Gasteiger partial charge >= 0.3 is 6.09 Å². The second-order valence-corrected chi connectivity index (χ2v) is 5.04. The molecule has 76 valence electrons. The summed E-state index contributed by atoms with van der Waals surface area (Å²) in [5.41, 5.74) is 0. The van der Waals surface area contributed by atoms with E-state index < -0.39 is 16.1 Å². The minimum Gasteiger partial charge on any atom is -0.465 e. The van der Waals surface area contributed by atoms with Crippen molar-refractivity contribution >= 4 is 16.1 Å². The minimum atomic E-state index is -3.17. The summed E-state index contributed by atoms with van der Waals surface area (Å²) in [6.45, 7) is 0.634. The first kappa shape index (κ1) is 10.3. The Labute approximate surface area is 76.6 Å². The Bertz CT molecular complexity index is 300. The lowest BCUT2D eigenvalue weighted by molar-refractivity contribution is 0.190. The van der Waals surface area contributed by atoms with Crippen molar-refractivity contribution < 1.29 is 18.3 Å². The molecular weight excluding hydrogens is 196 g/mol. The number of sulfonamides is 1. The van der Waals surface area contributed by atoms with E-state index >= 15 is 0 Å². The van der Waals surface area contributed by atoms with Gasteiger partial charge in [0.05, 0.1) is 6.26 Å². The van der Waals surface area contributed by atoms with Crippen molar-refractivity contribution in [1.82, 2.24) is 9.62 Å². The molecule has 1 fully saturated rings. The van der Waals surface area contributed by atoms with E-state index in [-0.39, 0.29) is 12.6 Å². The van der Waals surface area contributed by atoms with Crippen molar-refractivity contribution in [3.05, 3.63) is 0 Å².